The summed E-state index contributed by atoms with van der Waals surface area (Å²) in [6.45, 7) is 0.450. The maximum Gasteiger partial charge on any atom is 0.176 e. The molecule has 3 aromatic rings. The molecule has 9 heteroatoms. The summed E-state index contributed by atoms with van der Waals surface area (Å²) in [6, 6.07) is 11.5. The first-order valence-corrected chi connectivity index (χ1v) is 8.96. The minimum atomic E-state index is -0.409. The lowest BCUT2D eigenvalue weighted by Crippen LogP contribution is -2.20. The second-order valence-electron chi connectivity index (χ2n) is 5.33. The Kier molecular flexibility index (Phi) is 5.98. The zero-order valence-electron chi connectivity index (χ0n) is 13.1. The smallest absolute Gasteiger partial charge is 0.176 e. The largest absolute Gasteiger partial charge is 0.330 e. The predicted molar refractivity (Wildman–Crippen MR) is 109 cm³/mol. The molecule has 134 valence electrons. The first-order valence-electron chi connectivity index (χ1n) is 7.42. The molecule has 4 nitrogen and oxygen atoms in total. The molecule has 0 saturated heterocycles. The molecular formula is C17H12Cl3FN4S. The Labute approximate surface area is 169 Å². The molecule has 2 aromatic carbocycles. The topological polar surface area (TPSA) is 41.9 Å². The minimum Gasteiger partial charge on any atom is -0.330 e. The van der Waals surface area contributed by atoms with Gasteiger partial charge in [0.05, 0.1) is 22.3 Å². The van der Waals surface area contributed by atoms with Crippen LogP contribution in [0.5, 0.6) is 0 Å². The Morgan fingerprint density at radius 1 is 1.04 bits per heavy atom. The zero-order valence-corrected chi connectivity index (χ0v) is 16.2. The molecule has 1 heterocycles. The number of para-hydroxylation sites is 1. The molecule has 0 aliphatic heterocycles. The lowest BCUT2D eigenvalue weighted by atomic mass is 10.2. The number of nitrogens with one attached hydrogen (secondary N) is 2. The fourth-order valence-electron chi connectivity index (χ4n) is 2.21. The van der Waals surface area contributed by atoms with Crippen LogP contribution < -0.4 is 10.6 Å². The van der Waals surface area contributed by atoms with Gasteiger partial charge in [-0.2, -0.15) is 5.10 Å². The van der Waals surface area contributed by atoms with Crippen molar-refractivity contribution in [3.63, 3.8) is 0 Å². The van der Waals surface area contributed by atoms with Gasteiger partial charge in [0.15, 0.2) is 10.9 Å². The number of anilines is 2. The van der Waals surface area contributed by atoms with Gasteiger partial charge >= 0.3 is 0 Å². The SMILES string of the molecule is Fc1ccccc1NC(=S)Nc1nn(Cc2ccc(Cl)c(Cl)c2)cc1Cl. The molecule has 0 spiro atoms. The standard InChI is InChI=1S/C17H12Cl3FN4S/c18-11-6-5-10(7-12(11)19)8-25-9-13(20)16(24-25)23-17(26)22-15-4-2-1-3-14(15)21/h1-7,9H,8H2,(H2,22,23,24,26). The van der Waals surface area contributed by atoms with Gasteiger partial charge in [0, 0.05) is 6.20 Å². The highest BCUT2D eigenvalue weighted by Gasteiger charge is 2.11. The van der Waals surface area contributed by atoms with Crippen molar-refractivity contribution in [3.05, 3.63) is 75.1 Å². The number of rotatable bonds is 4. The van der Waals surface area contributed by atoms with Gasteiger partial charge in [-0.05, 0) is 42.0 Å². The van der Waals surface area contributed by atoms with Gasteiger partial charge in [0.2, 0.25) is 0 Å². The minimum absolute atomic E-state index is 0.178. The monoisotopic (exact) mass is 428 g/mol. The highest BCUT2D eigenvalue weighted by Crippen LogP contribution is 2.24. The number of aromatic nitrogens is 2. The fourth-order valence-corrected chi connectivity index (χ4v) is 2.94. The fraction of sp³-hybridized carbons (Fsp3) is 0.0588. The van der Waals surface area contributed by atoms with Crippen molar-refractivity contribution in [2.45, 2.75) is 6.54 Å². The summed E-state index contributed by atoms with van der Waals surface area (Å²) >= 11 is 23.3. The van der Waals surface area contributed by atoms with Gasteiger partial charge in [-0.3, -0.25) is 4.68 Å². The summed E-state index contributed by atoms with van der Waals surface area (Å²) in [7, 11) is 0. The third kappa shape index (κ3) is 4.65. The van der Waals surface area contributed by atoms with Crippen molar-refractivity contribution in [2.75, 3.05) is 10.6 Å². The normalized spacial score (nSPS) is 10.6. The van der Waals surface area contributed by atoms with Crippen LogP contribution in [0.4, 0.5) is 15.9 Å². The number of benzene rings is 2. The number of halogens is 4. The Hall–Kier alpha value is -1.86. The van der Waals surface area contributed by atoms with Gasteiger partial charge in [0.25, 0.3) is 0 Å². The van der Waals surface area contributed by atoms with E-state index >= 15 is 0 Å². The van der Waals surface area contributed by atoms with Crippen molar-refractivity contribution in [1.29, 1.82) is 0 Å². The van der Waals surface area contributed by atoms with E-state index < -0.39 is 5.82 Å². The Morgan fingerprint density at radius 2 is 1.81 bits per heavy atom. The Balaban J connectivity index is 1.68. The predicted octanol–water partition coefficient (Wildman–Crippen LogP) is 5.84. The van der Waals surface area contributed by atoms with Crippen LogP contribution in [-0.4, -0.2) is 14.9 Å². The van der Waals surface area contributed by atoms with Crippen LogP contribution >= 0.6 is 47.0 Å². The summed E-state index contributed by atoms with van der Waals surface area (Å²) in [5, 5.41) is 11.5. The van der Waals surface area contributed by atoms with Crippen molar-refractivity contribution in [1.82, 2.24) is 9.78 Å². The number of hydrogen-bond donors (Lipinski definition) is 2. The van der Waals surface area contributed by atoms with Crippen molar-refractivity contribution >= 4 is 63.6 Å². The van der Waals surface area contributed by atoms with Crippen molar-refractivity contribution < 1.29 is 4.39 Å². The first-order chi connectivity index (χ1) is 12.4. The highest BCUT2D eigenvalue weighted by molar-refractivity contribution is 7.80. The van der Waals surface area contributed by atoms with E-state index in [1.807, 2.05) is 6.07 Å². The molecular weight excluding hydrogens is 418 g/mol. The third-order valence-electron chi connectivity index (χ3n) is 3.40. The molecule has 0 amide bonds. The molecule has 0 aliphatic carbocycles. The molecule has 0 aliphatic rings. The van der Waals surface area contributed by atoms with Gasteiger partial charge in [-0.15, -0.1) is 0 Å². The maximum atomic E-state index is 13.7. The van der Waals surface area contributed by atoms with Crippen LogP contribution in [0.25, 0.3) is 0 Å². The molecule has 0 atom stereocenters. The first kappa shape index (κ1) is 18.9. The van der Waals surface area contributed by atoms with Gasteiger partial charge in [-0.25, -0.2) is 4.39 Å². The second-order valence-corrected chi connectivity index (χ2v) is 6.96. The van der Waals surface area contributed by atoms with Gasteiger partial charge < -0.3 is 10.6 Å². The molecule has 26 heavy (non-hydrogen) atoms. The average molecular weight is 430 g/mol. The second kappa shape index (κ2) is 8.22. The van der Waals surface area contributed by atoms with Crippen LogP contribution in [-0.2, 0) is 6.54 Å². The van der Waals surface area contributed by atoms with E-state index in [1.165, 1.54) is 6.07 Å². The van der Waals surface area contributed by atoms with Crippen LogP contribution in [0.2, 0.25) is 15.1 Å². The quantitative estimate of drug-likeness (QED) is 0.511. The van der Waals surface area contributed by atoms with E-state index in [0.717, 1.165) is 5.56 Å². The molecule has 2 N–H and O–H groups in total. The molecule has 0 saturated carbocycles. The Morgan fingerprint density at radius 3 is 2.54 bits per heavy atom. The molecule has 1 aromatic heterocycles. The summed E-state index contributed by atoms with van der Waals surface area (Å²) < 4.78 is 15.3. The van der Waals surface area contributed by atoms with Crippen LogP contribution in [0.1, 0.15) is 5.56 Å². The number of thiocarbonyl (C=S) groups is 1. The average Bonchev–Trinajstić information content (AvgIpc) is 2.92. The molecule has 3 rings (SSSR count). The highest BCUT2D eigenvalue weighted by atomic mass is 35.5. The Bertz CT molecular complexity index is 961. The van der Waals surface area contributed by atoms with Crippen LogP contribution in [0, 0.1) is 5.82 Å². The van der Waals surface area contributed by atoms with E-state index in [4.69, 9.17) is 47.0 Å². The summed E-state index contributed by atoms with van der Waals surface area (Å²) in [4.78, 5) is 0. The maximum absolute atomic E-state index is 13.7. The van der Waals surface area contributed by atoms with E-state index in [0.29, 0.717) is 27.4 Å². The van der Waals surface area contributed by atoms with Crippen LogP contribution in [0.15, 0.2) is 48.7 Å². The number of hydrogen-bond acceptors (Lipinski definition) is 2. The van der Waals surface area contributed by atoms with Crippen molar-refractivity contribution in [2.24, 2.45) is 0 Å². The van der Waals surface area contributed by atoms with Gasteiger partial charge in [-0.1, -0.05) is 53.0 Å². The summed E-state index contributed by atoms with van der Waals surface area (Å²) in [5.74, 6) is -0.0477. The molecule has 0 radical (unpaired) electrons. The lowest BCUT2D eigenvalue weighted by molar-refractivity contribution is 0.632. The molecule has 0 unspecified atom stereocenters. The van der Waals surface area contributed by atoms with E-state index in [-0.39, 0.29) is 10.8 Å². The van der Waals surface area contributed by atoms with E-state index in [9.17, 15) is 4.39 Å². The summed E-state index contributed by atoms with van der Waals surface area (Å²) in [5.41, 5.74) is 1.17. The van der Waals surface area contributed by atoms with Crippen molar-refractivity contribution in [3.8, 4) is 0 Å². The zero-order chi connectivity index (χ0) is 18.7. The van der Waals surface area contributed by atoms with E-state index in [1.54, 1.807) is 41.2 Å². The number of nitrogens with zero attached hydrogens (tertiary/aromatic N) is 2. The molecule has 0 fully saturated rings. The van der Waals surface area contributed by atoms with Crippen LogP contribution in [0.3, 0.4) is 0 Å². The lowest BCUT2D eigenvalue weighted by Gasteiger charge is -2.09. The van der Waals surface area contributed by atoms with Gasteiger partial charge in [0.1, 0.15) is 10.8 Å². The third-order valence-corrected chi connectivity index (χ3v) is 4.62. The summed E-state index contributed by atoms with van der Waals surface area (Å²) in [6.07, 6.45) is 1.65. The molecule has 0 bridgehead atoms. The van der Waals surface area contributed by atoms with E-state index in [2.05, 4.69) is 15.7 Å².